The van der Waals surface area contributed by atoms with Gasteiger partial charge in [0.25, 0.3) is 5.91 Å². The van der Waals surface area contributed by atoms with E-state index in [1.807, 2.05) is 35.2 Å². The number of nitrogens with zero attached hydrogens (tertiary/aromatic N) is 1. The van der Waals surface area contributed by atoms with Crippen LogP contribution in [0.2, 0.25) is 0 Å². The first-order valence-corrected chi connectivity index (χ1v) is 8.82. The lowest BCUT2D eigenvalue weighted by Crippen LogP contribution is -2.41. The fourth-order valence-electron chi connectivity index (χ4n) is 4.46. The fourth-order valence-corrected chi connectivity index (χ4v) is 4.46. The van der Waals surface area contributed by atoms with Crippen LogP contribution in [0.25, 0.3) is 0 Å². The van der Waals surface area contributed by atoms with Gasteiger partial charge in [-0.2, -0.15) is 0 Å². The number of para-hydroxylation sites is 1. The molecule has 1 amide bonds. The van der Waals surface area contributed by atoms with Gasteiger partial charge in [-0.1, -0.05) is 45.9 Å². The Labute approximate surface area is 149 Å². The predicted octanol–water partition coefficient (Wildman–Crippen LogP) is 5.54. The van der Waals surface area contributed by atoms with Crippen molar-refractivity contribution in [2.75, 3.05) is 4.90 Å². The highest BCUT2D eigenvalue weighted by atomic mass is 19.1. The Balaban J connectivity index is 1.99. The van der Waals surface area contributed by atoms with Gasteiger partial charge in [0.05, 0.1) is 0 Å². The van der Waals surface area contributed by atoms with Crippen LogP contribution in [-0.2, 0) is 0 Å². The van der Waals surface area contributed by atoms with Crippen LogP contribution in [0.4, 0.5) is 10.1 Å². The zero-order chi connectivity index (χ0) is 18.4. The number of carbonyl (C=O) groups is 1. The molecule has 132 valence electrons. The average molecular weight is 339 g/mol. The molecule has 1 aliphatic carbocycles. The van der Waals surface area contributed by atoms with E-state index in [4.69, 9.17) is 0 Å². The van der Waals surface area contributed by atoms with Gasteiger partial charge < -0.3 is 4.90 Å². The molecule has 1 aliphatic rings. The second kappa shape index (κ2) is 5.98. The third kappa shape index (κ3) is 2.86. The van der Waals surface area contributed by atoms with Gasteiger partial charge in [-0.15, -0.1) is 0 Å². The summed E-state index contributed by atoms with van der Waals surface area (Å²) in [4.78, 5) is 15.1. The minimum absolute atomic E-state index is 0.0463. The molecule has 2 nitrogen and oxygen atoms in total. The molecule has 3 rings (SSSR count). The van der Waals surface area contributed by atoms with E-state index in [9.17, 15) is 9.18 Å². The van der Waals surface area contributed by atoms with Crippen molar-refractivity contribution in [3.8, 4) is 0 Å². The molecule has 1 fully saturated rings. The molecule has 3 heteroatoms. The molecule has 1 unspecified atom stereocenters. The van der Waals surface area contributed by atoms with E-state index in [0.29, 0.717) is 11.5 Å². The summed E-state index contributed by atoms with van der Waals surface area (Å²) in [5.41, 5.74) is 1.72. The van der Waals surface area contributed by atoms with Crippen molar-refractivity contribution in [2.45, 2.75) is 40.7 Å². The van der Waals surface area contributed by atoms with E-state index in [-0.39, 0.29) is 28.6 Å². The summed E-state index contributed by atoms with van der Waals surface area (Å²) in [6.45, 7) is 11.2. The maximum atomic E-state index is 13.3. The van der Waals surface area contributed by atoms with Crippen molar-refractivity contribution >= 4 is 11.6 Å². The second-order valence-electron chi connectivity index (χ2n) is 8.18. The first-order valence-electron chi connectivity index (χ1n) is 8.82. The number of anilines is 1. The van der Waals surface area contributed by atoms with Gasteiger partial charge in [-0.3, -0.25) is 4.79 Å². The lowest BCUT2D eigenvalue weighted by Gasteiger charge is -2.31. The minimum Gasteiger partial charge on any atom is -0.305 e. The van der Waals surface area contributed by atoms with Crippen LogP contribution in [0.5, 0.6) is 0 Å². The number of benzene rings is 2. The molecule has 0 aliphatic heterocycles. The van der Waals surface area contributed by atoms with Crippen LogP contribution in [0.3, 0.4) is 0 Å². The van der Waals surface area contributed by atoms with Gasteiger partial charge in [0, 0.05) is 17.3 Å². The lowest BCUT2D eigenvalue weighted by atomic mass is 10.0. The molecular formula is C22H26FNO. The maximum Gasteiger partial charge on any atom is 0.258 e. The summed E-state index contributed by atoms with van der Waals surface area (Å²) in [7, 11) is 0. The zero-order valence-corrected chi connectivity index (χ0v) is 15.6. The van der Waals surface area contributed by atoms with E-state index in [1.54, 1.807) is 12.1 Å². The third-order valence-electron chi connectivity index (χ3n) is 6.37. The van der Waals surface area contributed by atoms with Crippen LogP contribution in [0.1, 0.15) is 45.0 Å². The number of rotatable bonds is 4. The van der Waals surface area contributed by atoms with Crippen molar-refractivity contribution in [3.05, 3.63) is 66.0 Å². The Morgan fingerprint density at radius 2 is 1.48 bits per heavy atom. The largest absolute Gasteiger partial charge is 0.305 e. The van der Waals surface area contributed by atoms with E-state index in [0.717, 1.165) is 5.69 Å². The Bertz CT molecular complexity index is 750. The van der Waals surface area contributed by atoms with Gasteiger partial charge in [-0.05, 0) is 60.1 Å². The van der Waals surface area contributed by atoms with Crippen LogP contribution < -0.4 is 4.90 Å². The normalized spacial score (nSPS) is 19.3. The molecule has 1 atom stereocenters. The van der Waals surface area contributed by atoms with Crippen LogP contribution in [0.15, 0.2) is 54.6 Å². The molecule has 0 radical (unpaired) electrons. The lowest BCUT2D eigenvalue weighted by molar-refractivity contribution is 0.0973. The molecule has 0 heterocycles. The molecule has 1 saturated carbocycles. The highest BCUT2D eigenvalue weighted by molar-refractivity contribution is 6.06. The summed E-state index contributed by atoms with van der Waals surface area (Å²) in [6, 6.07) is 15.6. The van der Waals surface area contributed by atoms with E-state index in [1.165, 1.54) is 12.1 Å². The third-order valence-corrected chi connectivity index (χ3v) is 6.37. The van der Waals surface area contributed by atoms with Gasteiger partial charge >= 0.3 is 0 Å². The van der Waals surface area contributed by atoms with Crippen molar-refractivity contribution in [1.82, 2.24) is 0 Å². The van der Waals surface area contributed by atoms with Crippen LogP contribution in [0, 0.1) is 22.6 Å². The fraction of sp³-hybridized carbons (Fsp3) is 0.409. The number of hydrogen-bond acceptors (Lipinski definition) is 1. The number of amides is 1. The molecule has 0 aromatic heterocycles. The second-order valence-corrected chi connectivity index (χ2v) is 8.18. The molecule has 0 saturated heterocycles. The summed E-state index contributed by atoms with van der Waals surface area (Å²) >= 11 is 0. The quantitative estimate of drug-likeness (QED) is 0.716. The summed E-state index contributed by atoms with van der Waals surface area (Å²) in [5.74, 6) is -0.0258. The monoisotopic (exact) mass is 339 g/mol. The molecular weight excluding hydrogens is 313 g/mol. The Hall–Kier alpha value is -2.16. The SMILES string of the molecule is CC(C1C(C)(C)C1(C)C)N(C(=O)c1ccc(F)cc1)c1ccccc1. The van der Waals surface area contributed by atoms with Gasteiger partial charge in [0.15, 0.2) is 0 Å². The first kappa shape index (κ1) is 17.7. The molecule has 25 heavy (non-hydrogen) atoms. The Morgan fingerprint density at radius 1 is 0.960 bits per heavy atom. The standard InChI is InChI=1S/C22H26FNO/c1-15(19-21(2,3)22(19,4)5)24(18-9-7-6-8-10-18)20(25)16-11-13-17(23)14-12-16/h6-15,19H,1-5H3. The number of carbonyl (C=O) groups excluding carboxylic acids is 1. The van der Waals surface area contributed by atoms with E-state index >= 15 is 0 Å². The van der Waals surface area contributed by atoms with Crippen molar-refractivity contribution in [3.63, 3.8) is 0 Å². The molecule has 0 N–H and O–H groups in total. The van der Waals surface area contributed by atoms with E-state index < -0.39 is 0 Å². The molecule has 0 spiro atoms. The first-order chi connectivity index (χ1) is 11.7. The van der Waals surface area contributed by atoms with Crippen molar-refractivity contribution in [2.24, 2.45) is 16.7 Å². The maximum absolute atomic E-state index is 13.3. The van der Waals surface area contributed by atoms with Crippen LogP contribution in [-0.4, -0.2) is 11.9 Å². The van der Waals surface area contributed by atoms with Crippen molar-refractivity contribution < 1.29 is 9.18 Å². The Morgan fingerprint density at radius 3 is 1.96 bits per heavy atom. The van der Waals surface area contributed by atoms with E-state index in [2.05, 4.69) is 34.6 Å². The van der Waals surface area contributed by atoms with Gasteiger partial charge in [0.1, 0.15) is 5.82 Å². The van der Waals surface area contributed by atoms with Gasteiger partial charge in [0.2, 0.25) is 0 Å². The average Bonchev–Trinajstić information content (AvgIpc) is 2.98. The van der Waals surface area contributed by atoms with Crippen LogP contribution >= 0.6 is 0 Å². The summed E-state index contributed by atoms with van der Waals surface area (Å²) < 4.78 is 13.2. The highest BCUT2D eigenvalue weighted by Gasteiger charge is 2.67. The predicted molar refractivity (Wildman–Crippen MR) is 100 cm³/mol. The van der Waals surface area contributed by atoms with Gasteiger partial charge in [-0.25, -0.2) is 4.39 Å². The Kier molecular flexibility index (Phi) is 4.22. The zero-order valence-electron chi connectivity index (χ0n) is 15.6. The number of hydrogen-bond donors (Lipinski definition) is 0. The molecule has 0 bridgehead atoms. The summed E-state index contributed by atoms with van der Waals surface area (Å²) in [5, 5.41) is 0. The topological polar surface area (TPSA) is 20.3 Å². The molecule has 2 aromatic carbocycles. The van der Waals surface area contributed by atoms with Crippen molar-refractivity contribution in [1.29, 1.82) is 0 Å². The molecule has 2 aromatic rings. The number of halogens is 1. The summed E-state index contributed by atoms with van der Waals surface area (Å²) in [6.07, 6.45) is 0. The smallest absolute Gasteiger partial charge is 0.258 e. The minimum atomic E-state index is -0.333. The highest BCUT2D eigenvalue weighted by Crippen LogP contribution is 2.70.